The molecule has 2 rings (SSSR count). The van der Waals surface area contributed by atoms with Crippen LogP contribution in [0.15, 0.2) is 18.2 Å². The van der Waals surface area contributed by atoms with E-state index in [-0.39, 0.29) is 24.8 Å². The minimum absolute atomic E-state index is 0.0797. The molecular formula is C19H25Cl2N3O4. The summed E-state index contributed by atoms with van der Waals surface area (Å²) in [6, 6.07) is 4.77. The van der Waals surface area contributed by atoms with Crippen molar-refractivity contribution in [3.05, 3.63) is 33.8 Å². The second-order valence-electron chi connectivity index (χ2n) is 7.48. The Bertz CT molecular complexity index is 741. The van der Waals surface area contributed by atoms with Gasteiger partial charge in [0, 0.05) is 44.2 Å². The molecule has 0 spiro atoms. The van der Waals surface area contributed by atoms with Crippen LogP contribution < -0.4 is 5.32 Å². The number of piperazine rings is 1. The predicted octanol–water partition coefficient (Wildman–Crippen LogP) is 3.19. The number of nitrogens with zero attached hydrogens (tertiary/aromatic N) is 2. The fourth-order valence-corrected chi connectivity index (χ4v) is 3.10. The highest BCUT2D eigenvalue weighted by molar-refractivity contribution is 6.35. The number of hydrogen-bond acceptors (Lipinski definition) is 4. The first kappa shape index (κ1) is 22.3. The highest BCUT2D eigenvalue weighted by Crippen LogP contribution is 2.22. The van der Waals surface area contributed by atoms with E-state index in [0.717, 1.165) is 0 Å². The summed E-state index contributed by atoms with van der Waals surface area (Å²) in [5, 5.41) is 3.36. The molecule has 1 aliphatic heterocycles. The predicted molar refractivity (Wildman–Crippen MR) is 108 cm³/mol. The summed E-state index contributed by atoms with van der Waals surface area (Å²) >= 11 is 12.0. The van der Waals surface area contributed by atoms with Crippen molar-refractivity contribution in [2.24, 2.45) is 0 Å². The third kappa shape index (κ3) is 6.56. The summed E-state index contributed by atoms with van der Waals surface area (Å²) in [6.45, 7) is 7.19. The average Bonchev–Trinajstić information content (AvgIpc) is 2.61. The first-order valence-electron chi connectivity index (χ1n) is 9.06. The number of carbonyl (C=O) groups excluding carboxylic acids is 3. The van der Waals surface area contributed by atoms with Crippen LogP contribution in [0.3, 0.4) is 0 Å². The molecule has 3 amide bonds. The highest BCUT2D eigenvalue weighted by atomic mass is 35.5. The van der Waals surface area contributed by atoms with E-state index in [9.17, 15) is 14.4 Å². The second-order valence-corrected chi connectivity index (χ2v) is 8.32. The fourth-order valence-electron chi connectivity index (χ4n) is 2.73. The number of nitrogens with one attached hydrogen (secondary N) is 1. The first-order chi connectivity index (χ1) is 13.1. The molecule has 0 unspecified atom stereocenters. The number of carbonyl (C=O) groups is 3. The van der Waals surface area contributed by atoms with Crippen LogP contribution in [0.4, 0.5) is 4.79 Å². The van der Waals surface area contributed by atoms with Gasteiger partial charge in [0.15, 0.2) is 0 Å². The molecule has 28 heavy (non-hydrogen) atoms. The topological polar surface area (TPSA) is 79.0 Å². The van der Waals surface area contributed by atoms with E-state index in [1.807, 2.05) is 0 Å². The standard InChI is InChI=1S/C19H25Cl2N3O4/c1-19(2,3)28-18(27)22-7-6-16(25)23-8-10-24(11-9-23)17(26)14-12-13(20)4-5-15(14)21/h4-5,12H,6-11H2,1-3H3,(H,22,27). The quantitative estimate of drug-likeness (QED) is 0.796. The van der Waals surface area contributed by atoms with E-state index in [4.69, 9.17) is 27.9 Å². The minimum Gasteiger partial charge on any atom is -0.444 e. The van der Waals surface area contributed by atoms with Crippen LogP contribution in [0.5, 0.6) is 0 Å². The maximum absolute atomic E-state index is 12.6. The van der Waals surface area contributed by atoms with Gasteiger partial charge in [0.25, 0.3) is 5.91 Å². The summed E-state index contributed by atoms with van der Waals surface area (Å²) < 4.78 is 5.13. The lowest BCUT2D eigenvalue weighted by molar-refractivity contribution is -0.132. The Morgan fingerprint density at radius 1 is 1.07 bits per heavy atom. The van der Waals surface area contributed by atoms with Crippen molar-refractivity contribution in [1.82, 2.24) is 15.1 Å². The third-order valence-electron chi connectivity index (χ3n) is 4.09. The Morgan fingerprint density at radius 2 is 1.68 bits per heavy atom. The molecule has 0 saturated carbocycles. The largest absolute Gasteiger partial charge is 0.444 e. The van der Waals surface area contributed by atoms with Gasteiger partial charge >= 0.3 is 6.09 Å². The van der Waals surface area contributed by atoms with Crippen LogP contribution >= 0.6 is 23.2 Å². The smallest absolute Gasteiger partial charge is 0.407 e. The van der Waals surface area contributed by atoms with E-state index in [1.165, 1.54) is 0 Å². The van der Waals surface area contributed by atoms with Gasteiger partial charge < -0.3 is 19.9 Å². The lowest BCUT2D eigenvalue weighted by Gasteiger charge is -2.35. The number of amides is 3. The Balaban J connectivity index is 1.78. The molecule has 7 nitrogen and oxygen atoms in total. The van der Waals surface area contributed by atoms with Gasteiger partial charge in [-0.15, -0.1) is 0 Å². The zero-order chi connectivity index (χ0) is 20.9. The van der Waals surface area contributed by atoms with Crippen LogP contribution in [0.1, 0.15) is 37.6 Å². The van der Waals surface area contributed by atoms with Crippen molar-refractivity contribution in [2.45, 2.75) is 32.8 Å². The summed E-state index contributed by atoms with van der Waals surface area (Å²) in [5.41, 5.74) is -0.224. The number of rotatable bonds is 4. The van der Waals surface area contributed by atoms with Crippen LogP contribution in [0.25, 0.3) is 0 Å². The molecule has 1 aliphatic rings. The summed E-state index contributed by atoms with van der Waals surface area (Å²) in [5.74, 6) is -0.282. The molecule has 0 aromatic heterocycles. The number of hydrogen-bond donors (Lipinski definition) is 1. The molecule has 0 aliphatic carbocycles. The zero-order valence-electron chi connectivity index (χ0n) is 16.3. The lowest BCUT2D eigenvalue weighted by atomic mass is 10.1. The Morgan fingerprint density at radius 3 is 2.29 bits per heavy atom. The van der Waals surface area contributed by atoms with Gasteiger partial charge in [0.1, 0.15) is 5.60 Å². The molecule has 154 valence electrons. The van der Waals surface area contributed by atoms with Crippen LogP contribution in [0.2, 0.25) is 10.0 Å². The molecule has 1 heterocycles. The molecule has 0 bridgehead atoms. The van der Waals surface area contributed by atoms with Crippen molar-refractivity contribution in [3.63, 3.8) is 0 Å². The SMILES string of the molecule is CC(C)(C)OC(=O)NCCC(=O)N1CCN(C(=O)c2cc(Cl)ccc2Cl)CC1. The average molecular weight is 430 g/mol. The minimum atomic E-state index is -0.581. The van der Waals surface area contributed by atoms with E-state index in [0.29, 0.717) is 41.8 Å². The van der Waals surface area contributed by atoms with Crippen molar-refractivity contribution in [2.75, 3.05) is 32.7 Å². The maximum atomic E-state index is 12.6. The lowest BCUT2D eigenvalue weighted by Crippen LogP contribution is -2.51. The van der Waals surface area contributed by atoms with Gasteiger partial charge in [-0.25, -0.2) is 4.79 Å². The van der Waals surface area contributed by atoms with Crippen molar-refractivity contribution in [1.29, 1.82) is 0 Å². The fraction of sp³-hybridized carbons (Fsp3) is 0.526. The normalized spacial score (nSPS) is 14.6. The number of alkyl carbamates (subject to hydrolysis) is 1. The number of benzene rings is 1. The van der Waals surface area contributed by atoms with Gasteiger partial charge in [-0.05, 0) is 39.0 Å². The summed E-state index contributed by atoms with van der Waals surface area (Å²) in [6.07, 6.45) is -0.373. The molecule has 1 aromatic carbocycles. The van der Waals surface area contributed by atoms with E-state index < -0.39 is 11.7 Å². The molecule has 1 aromatic rings. The highest BCUT2D eigenvalue weighted by Gasteiger charge is 2.26. The molecule has 0 radical (unpaired) electrons. The van der Waals surface area contributed by atoms with Crippen LogP contribution in [0, 0.1) is 0 Å². The number of ether oxygens (including phenoxy) is 1. The van der Waals surface area contributed by atoms with Crippen LogP contribution in [-0.4, -0.2) is 66.0 Å². The number of halogens is 2. The Kier molecular flexibility index (Phi) is 7.55. The Labute approximate surface area is 174 Å². The zero-order valence-corrected chi connectivity index (χ0v) is 17.8. The molecule has 9 heteroatoms. The van der Waals surface area contributed by atoms with Crippen molar-refractivity contribution in [3.8, 4) is 0 Å². The second kappa shape index (κ2) is 9.47. The molecule has 1 N–H and O–H groups in total. The molecular weight excluding hydrogens is 405 g/mol. The Hall–Kier alpha value is -1.99. The molecule has 0 atom stereocenters. The van der Waals surface area contributed by atoms with Crippen LogP contribution in [-0.2, 0) is 9.53 Å². The van der Waals surface area contributed by atoms with Crippen molar-refractivity contribution >= 4 is 41.1 Å². The summed E-state index contributed by atoms with van der Waals surface area (Å²) in [4.78, 5) is 39.9. The van der Waals surface area contributed by atoms with Gasteiger partial charge in [0.05, 0.1) is 10.6 Å². The van der Waals surface area contributed by atoms with E-state index >= 15 is 0 Å². The van der Waals surface area contributed by atoms with E-state index in [2.05, 4.69) is 5.32 Å². The molecule has 1 fully saturated rings. The molecule has 1 saturated heterocycles. The third-order valence-corrected chi connectivity index (χ3v) is 4.65. The van der Waals surface area contributed by atoms with Crippen molar-refractivity contribution < 1.29 is 19.1 Å². The van der Waals surface area contributed by atoms with Gasteiger partial charge in [-0.1, -0.05) is 23.2 Å². The first-order valence-corrected chi connectivity index (χ1v) is 9.81. The summed E-state index contributed by atoms with van der Waals surface area (Å²) in [7, 11) is 0. The van der Waals surface area contributed by atoms with Gasteiger partial charge in [-0.2, -0.15) is 0 Å². The maximum Gasteiger partial charge on any atom is 0.407 e. The van der Waals surface area contributed by atoms with Gasteiger partial charge in [-0.3, -0.25) is 9.59 Å². The van der Waals surface area contributed by atoms with E-state index in [1.54, 1.807) is 48.8 Å². The van der Waals surface area contributed by atoms with Gasteiger partial charge in [0.2, 0.25) is 5.91 Å². The monoisotopic (exact) mass is 429 g/mol.